The summed E-state index contributed by atoms with van der Waals surface area (Å²) < 4.78 is 170. The summed E-state index contributed by atoms with van der Waals surface area (Å²) in [4.78, 5) is 25.1. The zero-order chi connectivity index (χ0) is 34.7. The number of primary amides is 2. The lowest BCUT2D eigenvalue weighted by atomic mass is 9.55. The first-order valence-corrected chi connectivity index (χ1v) is 12.6. The molecule has 0 saturated heterocycles. The fourth-order valence-corrected chi connectivity index (χ4v) is 5.57. The fraction of sp³-hybridized carbons (Fsp3) is 0.200. The Hall–Kier alpha value is -4.76. The van der Waals surface area contributed by atoms with Crippen molar-refractivity contribution in [2.45, 2.75) is 30.1 Å². The molecule has 2 unspecified atom stereocenters. The van der Waals surface area contributed by atoms with Gasteiger partial charge in [-0.2, -0.15) is 52.7 Å². The van der Waals surface area contributed by atoms with Crippen LogP contribution in [0.5, 0.6) is 0 Å². The number of halogens is 12. The van der Waals surface area contributed by atoms with Gasteiger partial charge in [0.05, 0.1) is 16.7 Å². The van der Waals surface area contributed by atoms with Crippen molar-refractivity contribution in [3.8, 4) is 22.3 Å². The van der Waals surface area contributed by atoms with Gasteiger partial charge >= 0.3 is 24.7 Å². The van der Waals surface area contributed by atoms with E-state index in [9.17, 15) is 62.3 Å². The molecule has 0 heterocycles. The Morgan fingerprint density at radius 2 is 1.02 bits per heavy atom. The number of nitrogens with two attached hydrogens (primary N) is 2. The van der Waals surface area contributed by atoms with Crippen molar-refractivity contribution in [3.05, 3.63) is 107 Å². The predicted octanol–water partition coefficient (Wildman–Crippen LogP) is 7.96. The molecule has 0 saturated carbocycles. The highest BCUT2D eigenvalue weighted by Gasteiger charge is 2.73. The molecule has 4 rings (SSSR count). The molecule has 4 nitrogen and oxygen atoms in total. The fourth-order valence-electron chi connectivity index (χ4n) is 5.57. The van der Waals surface area contributed by atoms with Gasteiger partial charge in [-0.25, -0.2) is 0 Å². The molecule has 244 valence electrons. The molecular weight excluding hydrogens is 648 g/mol. The number of allylic oxidation sites excluding steroid dienone is 2. The summed E-state index contributed by atoms with van der Waals surface area (Å²) in [6, 6.07) is 6.06. The Kier molecular flexibility index (Phi) is 8.12. The number of carbonyl (C=O) groups excluding carboxylic acids is 2. The lowest BCUT2D eigenvalue weighted by molar-refractivity contribution is -0.221. The Morgan fingerprint density at radius 1 is 0.543 bits per heavy atom. The highest BCUT2D eigenvalue weighted by atomic mass is 19.4. The molecule has 0 aromatic heterocycles. The van der Waals surface area contributed by atoms with Crippen molar-refractivity contribution >= 4 is 11.8 Å². The van der Waals surface area contributed by atoms with Gasteiger partial charge in [0.25, 0.3) is 0 Å². The molecule has 3 aromatic rings. The van der Waals surface area contributed by atoms with Crippen LogP contribution in [0.2, 0.25) is 0 Å². The Morgan fingerprint density at radius 3 is 1.52 bits per heavy atom. The highest BCUT2D eigenvalue weighted by Crippen LogP contribution is 2.58. The quantitative estimate of drug-likeness (QED) is 0.271. The monoisotopic (exact) mass is 666 g/mol. The Balaban J connectivity index is 2.04. The molecule has 16 heteroatoms. The third-order valence-electron chi connectivity index (χ3n) is 7.58. The van der Waals surface area contributed by atoms with Gasteiger partial charge in [-0.05, 0) is 46.0 Å². The number of amides is 2. The number of hydrogen-bond acceptors (Lipinski definition) is 2. The minimum Gasteiger partial charge on any atom is -0.369 e. The molecule has 1 aliphatic carbocycles. The molecule has 0 spiro atoms. The van der Waals surface area contributed by atoms with Crippen molar-refractivity contribution in [3.63, 3.8) is 0 Å². The molecule has 46 heavy (non-hydrogen) atoms. The lowest BCUT2D eigenvalue weighted by Crippen LogP contribution is -2.65. The van der Waals surface area contributed by atoms with E-state index < -0.39 is 91.9 Å². The standard InChI is InChI=1S/C30H18F12N2O2/c31-27(32,33)19-6-2-1-5-17(19)18-9-7-15(13-21(18)28(34,35)36)16-8-10-20(22(14-16)29(37,38)39)25(23(43)45)11-3-4-12-26(25,24(44)46)30(40,41)42/h1-14H,(H2,43,45)(H2,44,46). The number of benzene rings is 3. The molecule has 0 fully saturated rings. The largest absolute Gasteiger partial charge is 0.417 e. The SMILES string of the molecule is NC(=O)C1(c2ccc(-c3ccc(-c4ccccc4C(F)(F)F)c(C(F)(F)F)c3)cc2C(F)(F)F)C=CC=CC1(C(N)=O)C(F)(F)F. The minimum atomic E-state index is -5.79. The predicted molar refractivity (Wildman–Crippen MR) is 139 cm³/mol. The molecule has 0 aliphatic heterocycles. The van der Waals surface area contributed by atoms with E-state index in [4.69, 9.17) is 11.5 Å². The van der Waals surface area contributed by atoms with Crippen LogP contribution in [-0.2, 0) is 33.5 Å². The summed E-state index contributed by atoms with van der Waals surface area (Å²) in [6.07, 6.45) is -20.0. The van der Waals surface area contributed by atoms with E-state index in [1.807, 2.05) is 0 Å². The van der Waals surface area contributed by atoms with Crippen LogP contribution in [0.1, 0.15) is 22.3 Å². The average Bonchev–Trinajstić information content (AvgIpc) is 2.94. The summed E-state index contributed by atoms with van der Waals surface area (Å²) in [7, 11) is 0. The second-order valence-corrected chi connectivity index (χ2v) is 10.1. The molecular formula is C30H18F12N2O2. The van der Waals surface area contributed by atoms with Crippen molar-refractivity contribution < 1.29 is 62.3 Å². The summed E-state index contributed by atoms with van der Waals surface area (Å²) in [5.41, 5.74) is -7.12. The Labute approximate surface area is 251 Å². The van der Waals surface area contributed by atoms with Crippen LogP contribution in [-0.4, -0.2) is 18.0 Å². The van der Waals surface area contributed by atoms with Gasteiger partial charge in [-0.15, -0.1) is 0 Å². The van der Waals surface area contributed by atoms with Crippen molar-refractivity contribution in [2.24, 2.45) is 16.9 Å². The van der Waals surface area contributed by atoms with Gasteiger partial charge in [0.1, 0.15) is 5.41 Å². The first-order chi connectivity index (χ1) is 21.0. The summed E-state index contributed by atoms with van der Waals surface area (Å²) in [5, 5.41) is 0. The van der Waals surface area contributed by atoms with Crippen molar-refractivity contribution in [2.75, 3.05) is 0 Å². The van der Waals surface area contributed by atoms with Crippen LogP contribution in [0.25, 0.3) is 22.3 Å². The van der Waals surface area contributed by atoms with Crippen LogP contribution in [0.3, 0.4) is 0 Å². The molecule has 1 aliphatic rings. The van der Waals surface area contributed by atoms with Gasteiger partial charge in [0.2, 0.25) is 11.8 Å². The number of alkyl halides is 12. The summed E-state index contributed by atoms with van der Waals surface area (Å²) >= 11 is 0. The van der Waals surface area contributed by atoms with Crippen LogP contribution < -0.4 is 11.5 Å². The molecule has 3 aromatic carbocycles. The molecule has 2 amide bonds. The van der Waals surface area contributed by atoms with Gasteiger partial charge in [-0.1, -0.05) is 66.8 Å². The second kappa shape index (κ2) is 10.9. The van der Waals surface area contributed by atoms with Gasteiger partial charge in [-0.3, -0.25) is 9.59 Å². The third kappa shape index (κ3) is 5.38. The van der Waals surface area contributed by atoms with Gasteiger partial charge in [0.15, 0.2) is 5.41 Å². The van der Waals surface area contributed by atoms with Crippen molar-refractivity contribution in [1.82, 2.24) is 0 Å². The topological polar surface area (TPSA) is 86.2 Å². The van der Waals surface area contributed by atoms with E-state index >= 15 is 0 Å². The maximum absolute atomic E-state index is 14.5. The van der Waals surface area contributed by atoms with E-state index in [1.54, 1.807) is 0 Å². The summed E-state index contributed by atoms with van der Waals surface area (Å²) in [6.45, 7) is 0. The smallest absolute Gasteiger partial charge is 0.369 e. The maximum Gasteiger partial charge on any atom is 0.417 e. The van der Waals surface area contributed by atoms with Crippen molar-refractivity contribution in [1.29, 1.82) is 0 Å². The second-order valence-electron chi connectivity index (χ2n) is 10.1. The molecule has 2 atom stereocenters. The first kappa shape index (κ1) is 34.1. The molecule has 0 bridgehead atoms. The van der Waals surface area contributed by atoms with E-state index in [2.05, 4.69) is 0 Å². The summed E-state index contributed by atoms with van der Waals surface area (Å²) in [5.74, 6) is -4.34. The van der Waals surface area contributed by atoms with Crippen LogP contribution >= 0.6 is 0 Å². The van der Waals surface area contributed by atoms with Crippen LogP contribution in [0, 0.1) is 5.41 Å². The average molecular weight is 666 g/mol. The number of carbonyl (C=O) groups is 2. The highest BCUT2D eigenvalue weighted by molar-refractivity contribution is 6.01. The number of hydrogen-bond donors (Lipinski definition) is 2. The van der Waals surface area contributed by atoms with E-state index in [0.29, 0.717) is 36.4 Å². The molecule has 4 N–H and O–H groups in total. The zero-order valence-corrected chi connectivity index (χ0v) is 22.6. The number of rotatable bonds is 5. The molecule has 0 radical (unpaired) electrons. The zero-order valence-electron chi connectivity index (χ0n) is 22.6. The van der Waals surface area contributed by atoms with E-state index in [-0.39, 0.29) is 18.2 Å². The minimum absolute atomic E-state index is 0.0846. The Bertz CT molecular complexity index is 1770. The van der Waals surface area contributed by atoms with Crippen LogP contribution in [0.15, 0.2) is 85.0 Å². The third-order valence-corrected chi connectivity index (χ3v) is 7.58. The maximum atomic E-state index is 14.5. The van der Waals surface area contributed by atoms with E-state index in [0.717, 1.165) is 30.3 Å². The van der Waals surface area contributed by atoms with Crippen LogP contribution in [0.4, 0.5) is 52.7 Å². The van der Waals surface area contributed by atoms with Gasteiger partial charge in [0, 0.05) is 0 Å². The normalized spacial score (nSPS) is 20.5. The van der Waals surface area contributed by atoms with E-state index in [1.165, 1.54) is 0 Å². The first-order valence-electron chi connectivity index (χ1n) is 12.6. The van der Waals surface area contributed by atoms with Gasteiger partial charge < -0.3 is 11.5 Å². The lowest BCUT2D eigenvalue weighted by Gasteiger charge is -2.46.